The summed E-state index contributed by atoms with van der Waals surface area (Å²) in [5, 5.41) is 3.38. The number of benzene rings is 1. The Bertz CT molecular complexity index is 364. The van der Waals surface area contributed by atoms with Gasteiger partial charge in [-0.2, -0.15) is 0 Å². The summed E-state index contributed by atoms with van der Waals surface area (Å²) in [6, 6.07) is 8.07. The third-order valence-electron chi connectivity index (χ3n) is 2.68. The highest BCUT2D eigenvalue weighted by molar-refractivity contribution is 5.57. The summed E-state index contributed by atoms with van der Waals surface area (Å²) in [5.41, 5.74) is 1.12. The van der Waals surface area contributed by atoms with Crippen molar-refractivity contribution in [3.8, 4) is 5.75 Å². The predicted octanol–water partition coefficient (Wildman–Crippen LogP) is 3.11. The average Bonchev–Trinajstić information content (AvgIpc) is 2.44. The Labute approximate surface area is 116 Å². The van der Waals surface area contributed by atoms with Gasteiger partial charge in [-0.25, -0.2) is 0 Å². The fraction of sp³-hybridized carbons (Fsp3) is 0.500. The highest BCUT2D eigenvalue weighted by Gasteiger charge is 1.98. The van der Waals surface area contributed by atoms with E-state index in [4.69, 9.17) is 9.47 Å². The fourth-order valence-electron chi connectivity index (χ4n) is 1.68. The molecule has 0 atom stereocenters. The van der Waals surface area contributed by atoms with Crippen LogP contribution in [-0.2, 0) is 4.74 Å². The van der Waals surface area contributed by atoms with E-state index < -0.39 is 0 Å². The smallest absolute Gasteiger partial charge is 0.126 e. The van der Waals surface area contributed by atoms with Crippen molar-refractivity contribution in [1.82, 2.24) is 5.32 Å². The Morgan fingerprint density at radius 3 is 2.79 bits per heavy atom. The Balaban J connectivity index is 2.40. The zero-order valence-electron chi connectivity index (χ0n) is 12.0. The third kappa shape index (κ3) is 6.99. The molecular formula is C16H25NO2. The number of hydrogen-bond donors (Lipinski definition) is 1. The number of rotatable bonds is 10. The highest BCUT2D eigenvalue weighted by Crippen LogP contribution is 2.19. The van der Waals surface area contributed by atoms with Gasteiger partial charge in [0.05, 0.1) is 6.61 Å². The van der Waals surface area contributed by atoms with Crippen LogP contribution in [0, 0.1) is 0 Å². The second kappa shape index (κ2) is 10.6. The summed E-state index contributed by atoms with van der Waals surface area (Å²) >= 11 is 0. The van der Waals surface area contributed by atoms with Crippen LogP contribution in [0.25, 0.3) is 6.08 Å². The molecule has 3 nitrogen and oxygen atoms in total. The summed E-state index contributed by atoms with van der Waals surface area (Å²) in [6.07, 6.45) is 6.52. The van der Waals surface area contributed by atoms with Crippen molar-refractivity contribution < 1.29 is 9.47 Å². The van der Waals surface area contributed by atoms with Gasteiger partial charge in [-0.3, -0.25) is 0 Å². The Morgan fingerprint density at radius 1 is 1.16 bits per heavy atom. The molecule has 1 aromatic rings. The standard InChI is InChI=1S/C16H25NO2/c1-3-11-17-12-7-6-9-15-8-4-5-10-16(15)19-14-13-18-2/h4-6,8-10,17H,3,7,11-14H2,1-2H3/b9-6+. The van der Waals surface area contributed by atoms with Gasteiger partial charge in [0.15, 0.2) is 0 Å². The molecule has 0 saturated heterocycles. The van der Waals surface area contributed by atoms with Crippen LogP contribution in [-0.4, -0.2) is 33.4 Å². The van der Waals surface area contributed by atoms with Crippen molar-refractivity contribution in [3.63, 3.8) is 0 Å². The Hall–Kier alpha value is -1.32. The van der Waals surface area contributed by atoms with E-state index in [1.54, 1.807) is 7.11 Å². The summed E-state index contributed by atoms with van der Waals surface area (Å²) in [7, 11) is 1.68. The first-order valence-electron chi connectivity index (χ1n) is 6.96. The number of para-hydroxylation sites is 1. The largest absolute Gasteiger partial charge is 0.491 e. The molecule has 106 valence electrons. The quantitative estimate of drug-likeness (QED) is 0.658. The van der Waals surface area contributed by atoms with Crippen LogP contribution in [0.2, 0.25) is 0 Å². The summed E-state index contributed by atoms with van der Waals surface area (Å²) < 4.78 is 10.7. The van der Waals surface area contributed by atoms with E-state index in [1.807, 2.05) is 18.2 Å². The van der Waals surface area contributed by atoms with Crippen molar-refractivity contribution in [2.75, 3.05) is 33.4 Å². The van der Waals surface area contributed by atoms with Crippen LogP contribution in [0.5, 0.6) is 5.75 Å². The molecule has 0 saturated carbocycles. The molecular weight excluding hydrogens is 238 g/mol. The lowest BCUT2D eigenvalue weighted by Crippen LogP contribution is -2.14. The average molecular weight is 263 g/mol. The van der Waals surface area contributed by atoms with Gasteiger partial charge in [-0.15, -0.1) is 0 Å². The van der Waals surface area contributed by atoms with Gasteiger partial charge in [-0.1, -0.05) is 37.3 Å². The lowest BCUT2D eigenvalue weighted by Gasteiger charge is -2.08. The normalized spacial score (nSPS) is 11.1. The highest BCUT2D eigenvalue weighted by atomic mass is 16.5. The second-order valence-corrected chi connectivity index (χ2v) is 4.32. The molecule has 0 aliphatic heterocycles. The first kappa shape index (κ1) is 15.7. The van der Waals surface area contributed by atoms with Gasteiger partial charge in [0.25, 0.3) is 0 Å². The number of methoxy groups -OCH3 is 1. The van der Waals surface area contributed by atoms with Crippen molar-refractivity contribution in [2.24, 2.45) is 0 Å². The van der Waals surface area contributed by atoms with Gasteiger partial charge in [0.1, 0.15) is 12.4 Å². The Morgan fingerprint density at radius 2 is 2.00 bits per heavy atom. The second-order valence-electron chi connectivity index (χ2n) is 4.32. The van der Waals surface area contributed by atoms with Gasteiger partial charge >= 0.3 is 0 Å². The molecule has 3 heteroatoms. The van der Waals surface area contributed by atoms with E-state index in [0.717, 1.165) is 30.8 Å². The molecule has 1 N–H and O–H groups in total. The first-order valence-corrected chi connectivity index (χ1v) is 6.96. The van der Waals surface area contributed by atoms with Crippen molar-refractivity contribution in [2.45, 2.75) is 19.8 Å². The number of nitrogens with one attached hydrogen (secondary N) is 1. The van der Waals surface area contributed by atoms with Gasteiger partial charge in [0.2, 0.25) is 0 Å². The molecule has 0 amide bonds. The molecule has 0 aliphatic rings. The number of hydrogen-bond acceptors (Lipinski definition) is 3. The summed E-state index contributed by atoms with van der Waals surface area (Å²) in [5.74, 6) is 0.914. The minimum absolute atomic E-state index is 0.583. The van der Waals surface area contributed by atoms with E-state index in [2.05, 4.69) is 30.5 Å². The predicted molar refractivity (Wildman–Crippen MR) is 80.6 cm³/mol. The lowest BCUT2D eigenvalue weighted by molar-refractivity contribution is 0.146. The molecule has 0 aromatic heterocycles. The fourth-order valence-corrected chi connectivity index (χ4v) is 1.68. The van der Waals surface area contributed by atoms with Gasteiger partial charge in [-0.05, 0) is 32.0 Å². The number of ether oxygens (including phenoxy) is 2. The molecule has 0 fully saturated rings. The van der Waals surface area contributed by atoms with Crippen molar-refractivity contribution >= 4 is 6.08 Å². The first-order chi connectivity index (χ1) is 9.38. The van der Waals surface area contributed by atoms with Crippen molar-refractivity contribution in [1.29, 1.82) is 0 Å². The van der Waals surface area contributed by atoms with Crippen LogP contribution in [0.3, 0.4) is 0 Å². The van der Waals surface area contributed by atoms with E-state index >= 15 is 0 Å². The van der Waals surface area contributed by atoms with Gasteiger partial charge in [0, 0.05) is 12.7 Å². The minimum Gasteiger partial charge on any atom is -0.491 e. The van der Waals surface area contributed by atoms with Crippen LogP contribution in [0.15, 0.2) is 30.3 Å². The van der Waals surface area contributed by atoms with E-state index in [-0.39, 0.29) is 0 Å². The maximum atomic E-state index is 5.68. The van der Waals surface area contributed by atoms with Crippen LogP contribution < -0.4 is 10.1 Å². The van der Waals surface area contributed by atoms with E-state index in [1.165, 1.54) is 6.42 Å². The molecule has 0 heterocycles. The van der Waals surface area contributed by atoms with E-state index in [9.17, 15) is 0 Å². The topological polar surface area (TPSA) is 30.5 Å². The molecule has 0 spiro atoms. The monoisotopic (exact) mass is 263 g/mol. The van der Waals surface area contributed by atoms with Crippen molar-refractivity contribution in [3.05, 3.63) is 35.9 Å². The molecule has 0 unspecified atom stereocenters. The summed E-state index contributed by atoms with van der Waals surface area (Å²) in [4.78, 5) is 0. The molecule has 0 radical (unpaired) electrons. The van der Waals surface area contributed by atoms with Gasteiger partial charge < -0.3 is 14.8 Å². The zero-order valence-corrected chi connectivity index (χ0v) is 12.0. The van der Waals surface area contributed by atoms with E-state index in [0.29, 0.717) is 13.2 Å². The zero-order chi connectivity index (χ0) is 13.8. The molecule has 1 rings (SSSR count). The SMILES string of the molecule is CCCNCC/C=C/c1ccccc1OCCOC. The summed E-state index contributed by atoms with van der Waals surface area (Å²) in [6.45, 7) is 5.48. The molecule has 1 aromatic carbocycles. The molecule has 19 heavy (non-hydrogen) atoms. The third-order valence-corrected chi connectivity index (χ3v) is 2.68. The maximum Gasteiger partial charge on any atom is 0.126 e. The van der Waals surface area contributed by atoms with Crippen LogP contribution >= 0.6 is 0 Å². The van der Waals surface area contributed by atoms with Crippen LogP contribution in [0.1, 0.15) is 25.3 Å². The Kier molecular flexibility index (Phi) is 8.77. The molecule has 0 bridgehead atoms. The molecule has 0 aliphatic carbocycles. The lowest BCUT2D eigenvalue weighted by atomic mass is 10.2. The maximum absolute atomic E-state index is 5.68. The van der Waals surface area contributed by atoms with Crippen LogP contribution in [0.4, 0.5) is 0 Å². The minimum atomic E-state index is 0.583.